The molecule has 140 valence electrons. The van der Waals surface area contributed by atoms with Gasteiger partial charge in [-0.3, -0.25) is 14.9 Å². The number of hydrogen-bond acceptors (Lipinski definition) is 5. The molecule has 1 aliphatic heterocycles. The van der Waals surface area contributed by atoms with Crippen molar-refractivity contribution < 1.29 is 19.2 Å². The smallest absolute Gasteiger partial charge is 0.339 e. The summed E-state index contributed by atoms with van der Waals surface area (Å²) in [6.45, 7) is 5.04. The average molecular weight is 368 g/mol. The van der Waals surface area contributed by atoms with Crippen molar-refractivity contribution in [1.29, 1.82) is 0 Å². The number of carbonyl (C=O) groups is 2. The summed E-state index contributed by atoms with van der Waals surface area (Å²) in [6, 6.07) is 11.7. The maximum absolute atomic E-state index is 12.9. The third kappa shape index (κ3) is 3.53. The number of rotatable bonds is 4. The van der Waals surface area contributed by atoms with E-state index in [2.05, 4.69) is 0 Å². The number of ether oxygens (including phenoxy) is 1. The lowest BCUT2D eigenvalue weighted by Gasteiger charge is -2.25. The average Bonchev–Trinajstić information content (AvgIpc) is 2.96. The fraction of sp³-hybridized carbons (Fsp3) is 0.300. The highest BCUT2D eigenvalue weighted by Crippen LogP contribution is 2.32. The summed E-state index contributed by atoms with van der Waals surface area (Å²) in [5.41, 5.74) is 2.23. The van der Waals surface area contributed by atoms with Crippen molar-refractivity contribution in [2.75, 3.05) is 4.90 Å². The summed E-state index contributed by atoms with van der Waals surface area (Å²) in [6.07, 6.45) is -0.265. The van der Waals surface area contributed by atoms with E-state index in [-0.39, 0.29) is 23.2 Å². The van der Waals surface area contributed by atoms with Crippen LogP contribution in [-0.2, 0) is 16.0 Å². The molecule has 0 saturated carbocycles. The third-order valence-corrected chi connectivity index (χ3v) is 4.72. The summed E-state index contributed by atoms with van der Waals surface area (Å²) in [7, 11) is 0. The Kier molecular flexibility index (Phi) is 4.94. The van der Waals surface area contributed by atoms with Crippen LogP contribution in [0.2, 0.25) is 0 Å². The number of aryl methyl sites for hydroxylation is 1. The number of amides is 1. The van der Waals surface area contributed by atoms with E-state index in [0.717, 1.165) is 17.7 Å². The summed E-state index contributed by atoms with van der Waals surface area (Å²) < 4.78 is 5.30. The van der Waals surface area contributed by atoms with E-state index >= 15 is 0 Å². The van der Waals surface area contributed by atoms with Crippen LogP contribution in [0, 0.1) is 17.0 Å². The highest BCUT2D eigenvalue weighted by atomic mass is 16.6. The van der Waals surface area contributed by atoms with Crippen LogP contribution in [0.5, 0.6) is 0 Å². The van der Waals surface area contributed by atoms with E-state index in [1.54, 1.807) is 11.8 Å². The predicted molar refractivity (Wildman–Crippen MR) is 99.8 cm³/mol. The molecule has 0 aromatic heterocycles. The van der Waals surface area contributed by atoms with Crippen molar-refractivity contribution in [3.8, 4) is 0 Å². The first-order valence-electron chi connectivity index (χ1n) is 8.66. The molecule has 2 aromatic carbocycles. The lowest BCUT2D eigenvalue weighted by Crippen LogP contribution is -2.43. The third-order valence-electron chi connectivity index (χ3n) is 4.72. The van der Waals surface area contributed by atoms with Crippen molar-refractivity contribution in [3.63, 3.8) is 0 Å². The van der Waals surface area contributed by atoms with Gasteiger partial charge in [-0.2, -0.15) is 0 Å². The van der Waals surface area contributed by atoms with Crippen LogP contribution < -0.4 is 4.90 Å². The molecular weight excluding hydrogens is 348 g/mol. The fourth-order valence-corrected chi connectivity index (χ4v) is 3.31. The minimum atomic E-state index is -1.01. The molecule has 0 radical (unpaired) electrons. The van der Waals surface area contributed by atoms with Gasteiger partial charge < -0.3 is 9.64 Å². The number of anilines is 1. The highest BCUT2D eigenvalue weighted by molar-refractivity contribution is 6.01. The lowest BCUT2D eigenvalue weighted by molar-refractivity contribution is -0.385. The van der Waals surface area contributed by atoms with E-state index in [4.69, 9.17) is 4.74 Å². The lowest BCUT2D eigenvalue weighted by atomic mass is 10.1. The molecule has 0 bridgehead atoms. The first kappa shape index (κ1) is 18.6. The molecule has 2 aromatic rings. The van der Waals surface area contributed by atoms with Crippen molar-refractivity contribution in [1.82, 2.24) is 0 Å². The summed E-state index contributed by atoms with van der Waals surface area (Å²) in [5, 5.41) is 11.0. The first-order valence-corrected chi connectivity index (χ1v) is 8.66. The predicted octanol–water partition coefficient (Wildman–Crippen LogP) is 3.43. The van der Waals surface area contributed by atoms with E-state index in [0.29, 0.717) is 5.56 Å². The van der Waals surface area contributed by atoms with Gasteiger partial charge in [0.25, 0.3) is 11.6 Å². The second-order valence-electron chi connectivity index (χ2n) is 6.70. The first-order chi connectivity index (χ1) is 12.8. The van der Waals surface area contributed by atoms with Gasteiger partial charge in [-0.15, -0.1) is 0 Å². The molecule has 1 amide bonds. The molecule has 27 heavy (non-hydrogen) atoms. The van der Waals surface area contributed by atoms with Gasteiger partial charge in [0, 0.05) is 23.4 Å². The maximum Gasteiger partial charge on any atom is 0.339 e. The number of para-hydroxylation sites is 1. The molecule has 2 unspecified atom stereocenters. The van der Waals surface area contributed by atoms with E-state index in [1.165, 1.54) is 25.1 Å². The normalized spacial score (nSPS) is 16.6. The summed E-state index contributed by atoms with van der Waals surface area (Å²) in [4.78, 5) is 37.4. The topological polar surface area (TPSA) is 89.8 Å². The van der Waals surface area contributed by atoms with Gasteiger partial charge in [0.15, 0.2) is 6.10 Å². The van der Waals surface area contributed by atoms with Crippen molar-refractivity contribution in [2.24, 2.45) is 0 Å². The maximum atomic E-state index is 12.9. The zero-order valence-corrected chi connectivity index (χ0v) is 15.3. The van der Waals surface area contributed by atoms with Crippen molar-refractivity contribution in [3.05, 3.63) is 69.3 Å². The van der Waals surface area contributed by atoms with Crippen LogP contribution in [-0.4, -0.2) is 28.9 Å². The van der Waals surface area contributed by atoms with Crippen LogP contribution in [0.3, 0.4) is 0 Å². The largest absolute Gasteiger partial charge is 0.449 e. The van der Waals surface area contributed by atoms with Crippen LogP contribution in [0.15, 0.2) is 42.5 Å². The van der Waals surface area contributed by atoms with Gasteiger partial charge >= 0.3 is 5.97 Å². The van der Waals surface area contributed by atoms with Gasteiger partial charge in [-0.25, -0.2) is 4.79 Å². The Morgan fingerprint density at radius 3 is 2.67 bits per heavy atom. The monoisotopic (exact) mass is 368 g/mol. The second-order valence-corrected chi connectivity index (χ2v) is 6.70. The number of hydrogen-bond donors (Lipinski definition) is 0. The van der Waals surface area contributed by atoms with Crippen LogP contribution in [0.1, 0.15) is 35.3 Å². The zero-order valence-electron chi connectivity index (χ0n) is 15.3. The Morgan fingerprint density at radius 2 is 1.96 bits per heavy atom. The van der Waals surface area contributed by atoms with E-state index < -0.39 is 17.0 Å². The van der Waals surface area contributed by atoms with Crippen LogP contribution in [0.4, 0.5) is 11.4 Å². The van der Waals surface area contributed by atoms with Gasteiger partial charge in [-0.05, 0) is 44.9 Å². The molecule has 0 spiro atoms. The zero-order chi connectivity index (χ0) is 19.7. The van der Waals surface area contributed by atoms with E-state index in [1.807, 2.05) is 31.2 Å². The Hall–Kier alpha value is -3.22. The molecular formula is C20H20N2O5. The number of benzene rings is 2. The molecule has 0 fully saturated rings. The number of nitro benzene ring substituents is 1. The van der Waals surface area contributed by atoms with Crippen molar-refractivity contribution in [2.45, 2.75) is 39.3 Å². The summed E-state index contributed by atoms with van der Waals surface area (Å²) in [5.74, 6) is -1.08. The minimum absolute atomic E-state index is 0.0310. The minimum Gasteiger partial charge on any atom is -0.449 e. The highest BCUT2D eigenvalue weighted by Gasteiger charge is 2.34. The second kappa shape index (κ2) is 7.19. The Labute approximate surface area is 156 Å². The Morgan fingerprint density at radius 1 is 1.26 bits per heavy atom. The standard InChI is InChI=1S/C20H20N2O5/c1-12-8-9-16(11-18(12)22(25)26)20(24)27-14(3)19(23)21-13(2)10-15-6-4-5-7-17(15)21/h4-9,11,13-14H,10H2,1-3H3. The fourth-order valence-electron chi connectivity index (χ4n) is 3.31. The SMILES string of the molecule is Cc1ccc(C(=O)OC(C)C(=O)N2c3ccccc3CC2C)cc1[N+](=O)[O-]. The molecule has 0 aliphatic carbocycles. The summed E-state index contributed by atoms with van der Waals surface area (Å²) >= 11 is 0. The molecule has 0 saturated heterocycles. The number of esters is 1. The molecule has 3 rings (SSSR count). The van der Waals surface area contributed by atoms with E-state index in [9.17, 15) is 19.7 Å². The molecule has 1 heterocycles. The molecule has 7 nitrogen and oxygen atoms in total. The Bertz CT molecular complexity index is 924. The van der Waals surface area contributed by atoms with Gasteiger partial charge in [0.05, 0.1) is 10.5 Å². The molecule has 0 N–H and O–H groups in total. The van der Waals surface area contributed by atoms with Crippen LogP contribution in [0.25, 0.3) is 0 Å². The molecule has 2 atom stereocenters. The number of nitrogens with zero attached hydrogens (tertiary/aromatic N) is 2. The molecule has 1 aliphatic rings. The number of nitro groups is 1. The van der Waals surface area contributed by atoms with Gasteiger partial charge in [-0.1, -0.05) is 24.3 Å². The number of fused-ring (bicyclic) bond motifs is 1. The quantitative estimate of drug-likeness (QED) is 0.468. The molecule has 7 heteroatoms. The number of carbonyl (C=O) groups excluding carboxylic acids is 2. The van der Waals surface area contributed by atoms with Gasteiger partial charge in [0.2, 0.25) is 0 Å². The van der Waals surface area contributed by atoms with Crippen LogP contribution >= 0.6 is 0 Å². The van der Waals surface area contributed by atoms with Crippen molar-refractivity contribution >= 4 is 23.3 Å². The van der Waals surface area contributed by atoms with Gasteiger partial charge in [0.1, 0.15) is 0 Å². The Balaban J connectivity index is 1.76.